The summed E-state index contributed by atoms with van der Waals surface area (Å²) < 4.78 is 0. The molecular weight excluding hydrogens is 400 g/mol. The minimum Gasteiger partial charge on any atom is -0.481 e. The molecule has 3 unspecified atom stereocenters. The molecule has 27 heavy (non-hydrogen) atoms. The van der Waals surface area contributed by atoms with Gasteiger partial charge in [-0.25, -0.2) is 4.79 Å². The Morgan fingerprint density at radius 1 is 1.07 bits per heavy atom. The Bertz CT molecular complexity index is 562. The van der Waals surface area contributed by atoms with Crippen LogP contribution in [0.5, 0.6) is 0 Å². The van der Waals surface area contributed by atoms with Crippen molar-refractivity contribution in [3.63, 3.8) is 0 Å². The number of hydrogen-bond donors (Lipinski definition) is 7. The lowest BCUT2D eigenvalue weighted by Crippen LogP contribution is -2.54. The molecule has 154 valence electrons. The third kappa shape index (κ3) is 10.7. The molecule has 13 heteroatoms. The number of nitrogens with one attached hydrogen (secondary N) is 3. The maximum Gasteiger partial charge on any atom is 0.326 e. The van der Waals surface area contributed by atoms with E-state index >= 15 is 0 Å². The van der Waals surface area contributed by atoms with Crippen molar-refractivity contribution in [3.8, 4) is 0 Å². The number of rotatable bonds is 13. The second kappa shape index (κ2) is 13.2. The second-order valence-electron chi connectivity index (χ2n) is 5.41. The summed E-state index contributed by atoms with van der Waals surface area (Å²) in [6.07, 6.45) is 1.30. The van der Waals surface area contributed by atoms with Gasteiger partial charge in [-0.15, -0.1) is 0 Å². The molecule has 0 radical (unpaired) electrons. The molecule has 0 aromatic rings. The van der Waals surface area contributed by atoms with Crippen LogP contribution in [0, 0.1) is 0 Å². The van der Waals surface area contributed by atoms with Crippen LogP contribution < -0.4 is 21.7 Å². The van der Waals surface area contributed by atoms with Crippen LogP contribution in [0.1, 0.15) is 12.8 Å². The van der Waals surface area contributed by atoms with E-state index in [-0.39, 0.29) is 12.2 Å². The molecule has 7 N–H and O–H groups in total. The van der Waals surface area contributed by atoms with Gasteiger partial charge in [0.1, 0.15) is 12.1 Å². The molecule has 0 aliphatic carbocycles. The van der Waals surface area contributed by atoms with Gasteiger partial charge in [-0.05, 0) is 18.4 Å². The number of nitrogens with two attached hydrogens (primary N) is 1. The highest BCUT2D eigenvalue weighted by Crippen LogP contribution is 2.02. The second-order valence-corrected chi connectivity index (χ2v) is 6.76. The Hall–Kier alpha value is -1.99. The minimum atomic E-state index is -1.62. The zero-order chi connectivity index (χ0) is 21.0. The average Bonchev–Trinajstić information content (AvgIpc) is 2.60. The van der Waals surface area contributed by atoms with Gasteiger partial charge in [0, 0.05) is 5.75 Å². The van der Waals surface area contributed by atoms with Crippen molar-refractivity contribution in [1.82, 2.24) is 16.0 Å². The van der Waals surface area contributed by atoms with Crippen LogP contribution in [0.25, 0.3) is 0 Å². The Morgan fingerprint density at radius 3 is 2.19 bits per heavy atom. The summed E-state index contributed by atoms with van der Waals surface area (Å²) in [6.45, 7) is -0.577. The summed E-state index contributed by atoms with van der Waals surface area (Å²) in [7, 11) is 0. The van der Waals surface area contributed by atoms with E-state index in [2.05, 4.69) is 23.3 Å². The number of thiol groups is 1. The molecule has 0 aromatic heterocycles. The summed E-state index contributed by atoms with van der Waals surface area (Å²) in [4.78, 5) is 57.3. The Morgan fingerprint density at radius 2 is 1.70 bits per heavy atom. The fourth-order valence-electron chi connectivity index (χ4n) is 1.78. The molecule has 0 bridgehead atoms. The first kappa shape index (κ1) is 25.0. The molecule has 0 saturated heterocycles. The maximum atomic E-state index is 12.2. The van der Waals surface area contributed by atoms with Gasteiger partial charge < -0.3 is 31.9 Å². The van der Waals surface area contributed by atoms with Crippen molar-refractivity contribution >= 4 is 54.1 Å². The molecule has 11 nitrogen and oxygen atoms in total. The van der Waals surface area contributed by atoms with E-state index in [1.165, 1.54) is 11.8 Å². The zero-order valence-electron chi connectivity index (χ0n) is 14.6. The normalized spacial score (nSPS) is 13.7. The summed E-state index contributed by atoms with van der Waals surface area (Å²) >= 11 is 5.36. The highest BCUT2D eigenvalue weighted by atomic mass is 32.2. The van der Waals surface area contributed by atoms with E-state index in [0.29, 0.717) is 5.75 Å². The molecule has 3 atom stereocenters. The van der Waals surface area contributed by atoms with E-state index in [1.807, 2.05) is 11.6 Å². The van der Waals surface area contributed by atoms with Gasteiger partial charge in [-0.3, -0.25) is 19.2 Å². The van der Waals surface area contributed by atoms with Gasteiger partial charge in [0.2, 0.25) is 17.7 Å². The van der Waals surface area contributed by atoms with Crippen molar-refractivity contribution in [2.75, 3.05) is 24.3 Å². The summed E-state index contributed by atoms with van der Waals surface area (Å²) in [5, 5.41) is 24.2. The van der Waals surface area contributed by atoms with Crippen LogP contribution in [0.2, 0.25) is 0 Å². The SMILES string of the molecule is CSCCC(NC(=O)C(N)CS)C(=O)NCC(=O)NC(CC(=O)O)C(=O)O. The van der Waals surface area contributed by atoms with Crippen molar-refractivity contribution in [3.05, 3.63) is 0 Å². The molecule has 0 aliphatic rings. The average molecular weight is 425 g/mol. The highest BCUT2D eigenvalue weighted by Gasteiger charge is 2.25. The summed E-state index contributed by atoms with van der Waals surface area (Å²) in [6, 6.07) is -3.45. The van der Waals surface area contributed by atoms with Crippen LogP contribution in [-0.2, 0) is 24.0 Å². The topological polar surface area (TPSA) is 188 Å². The number of hydrogen-bond acceptors (Lipinski definition) is 8. The fraction of sp³-hybridized carbons (Fsp3) is 0.643. The molecule has 0 saturated carbocycles. The number of carboxylic acid groups (broad SMARTS) is 2. The first-order chi connectivity index (χ1) is 12.6. The van der Waals surface area contributed by atoms with E-state index < -0.39 is 60.8 Å². The summed E-state index contributed by atoms with van der Waals surface area (Å²) in [5.74, 6) is -4.35. The summed E-state index contributed by atoms with van der Waals surface area (Å²) in [5.41, 5.74) is 5.55. The third-order valence-electron chi connectivity index (χ3n) is 3.21. The molecule has 0 spiro atoms. The Balaban J connectivity index is 4.72. The van der Waals surface area contributed by atoms with E-state index in [0.717, 1.165) is 0 Å². The molecule has 0 fully saturated rings. The van der Waals surface area contributed by atoms with Crippen LogP contribution in [-0.4, -0.2) is 82.3 Å². The van der Waals surface area contributed by atoms with Crippen molar-refractivity contribution in [1.29, 1.82) is 0 Å². The van der Waals surface area contributed by atoms with Gasteiger partial charge in [0.15, 0.2) is 0 Å². The van der Waals surface area contributed by atoms with Crippen molar-refractivity contribution < 1.29 is 34.2 Å². The van der Waals surface area contributed by atoms with Gasteiger partial charge in [-0.1, -0.05) is 0 Å². The van der Waals surface area contributed by atoms with Crippen LogP contribution in [0.3, 0.4) is 0 Å². The first-order valence-corrected chi connectivity index (χ1v) is 9.82. The molecule has 0 aromatic carbocycles. The largest absolute Gasteiger partial charge is 0.481 e. The zero-order valence-corrected chi connectivity index (χ0v) is 16.3. The maximum absolute atomic E-state index is 12.2. The van der Waals surface area contributed by atoms with E-state index in [1.54, 1.807) is 0 Å². The number of aliphatic carboxylic acids is 2. The number of carboxylic acids is 2. The molecule has 0 heterocycles. The fourth-order valence-corrected chi connectivity index (χ4v) is 2.41. The Labute approximate surface area is 165 Å². The van der Waals surface area contributed by atoms with E-state index in [4.69, 9.17) is 15.9 Å². The molecule has 0 aliphatic heterocycles. The highest BCUT2D eigenvalue weighted by molar-refractivity contribution is 7.98. The lowest BCUT2D eigenvalue weighted by Gasteiger charge is -2.20. The lowest BCUT2D eigenvalue weighted by molar-refractivity contribution is -0.147. The van der Waals surface area contributed by atoms with Gasteiger partial charge >= 0.3 is 11.9 Å². The Kier molecular flexibility index (Phi) is 12.2. The van der Waals surface area contributed by atoms with Crippen LogP contribution in [0.4, 0.5) is 0 Å². The van der Waals surface area contributed by atoms with Gasteiger partial charge in [0.25, 0.3) is 0 Å². The number of carbonyl (C=O) groups is 5. The quantitative estimate of drug-likeness (QED) is 0.159. The van der Waals surface area contributed by atoms with Gasteiger partial charge in [-0.2, -0.15) is 24.4 Å². The number of thioether (sulfide) groups is 1. The monoisotopic (exact) mass is 424 g/mol. The van der Waals surface area contributed by atoms with Crippen molar-refractivity contribution in [2.45, 2.75) is 31.0 Å². The number of amides is 3. The van der Waals surface area contributed by atoms with Crippen molar-refractivity contribution in [2.24, 2.45) is 5.73 Å². The predicted octanol–water partition coefficient (Wildman–Crippen LogP) is -2.36. The third-order valence-corrected chi connectivity index (χ3v) is 4.25. The van der Waals surface area contributed by atoms with Gasteiger partial charge in [0.05, 0.1) is 19.0 Å². The standard InChI is InChI=1S/C14H24N4O7S2/c1-27-3-2-8(18-12(22)7(15)6-26)13(23)16-5-10(19)17-9(14(24)25)4-11(20)21/h7-9,26H,2-6,15H2,1H3,(H,16,23)(H,17,19)(H,18,22)(H,20,21)(H,24,25). The molecule has 3 amide bonds. The molecule has 0 rings (SSSR count). The molecular formula is C14H24N4O7S2. The lowest BCUT2D eigenvalue weighted by atomic mass is 10.2. The van der Waals surface area contributed by atoms with E-state index in [9.17, 15) is 24.0 Å². The smallest absolute Gasteiger partial charge is 0.326 e. The minimum absolute atomic E-state index is 0.0886. The predicted molar refractivity (Wildman–Crippen MR) is 102 cm³/mol. The van der Waals surface area contributed by atoms with Crippen LogP contribution >= 0.6 is 24.4 Å². The number of carbonyl (C=O) groups excluding carboxylic acids is 3. The first-order valence-electron chi connectivity index (χ1n) is 7.79. The van der Waals surface area contributed by atoms with Crippen LogP contribution in [0.15, 0.2) is 0 Å².